The lowest BCUT2D eigenvalue weighted by atomic mass is 10.1. The molecule has 21 heavy (non-hydrogen) atoms. The van der Waals surface area contributed by atoms with E-state index in [1.165, 1.54) is 29.7 Å². The van der Waals surface area contributed by atoms with Crippen LogP contribution in [-0.4, -0.2) is 12.1 Å². The van der Waals surface area contributed by atoms with E-state index in [9.17, 15) is 18.0 Å². The van der Waals surface area contributed by atoms with Crippen molar-refractivity contribution in [3.05, 3.63) is 57.8 Å². The first-order valence-electron chi connectivity index (χ1n) is 5.97. The summed E-state index contributed by atoms with van der Waals surface area (Å²) in [6.07, 6.45) is -2.83. The molecule has 3 nitrogen and oxygen atoms in total. The monoisotopic (exact) mass is 312 g/mol. The molecule has 1 aromatic carbocycles. The number of thiophene rings is 1. The van der Waals surface area contributed by atoms with E-state index >= 15 is 0 Å². The van der Waals surface area contributed by atoms with Gasteiger partial charge in [-0.3, -0.25) is 4.79 Å². The number of carbonyl (C=O) groups is 1. The largest absolute Gasteiger partial charge is 0.416 e. The van der Waals surface area contributed by atoms with Crippen molar-refractivity contribution in [1.82, 2.24) is 5.43 Å². The standard InChI is InChI=1S/C14H11F3N2OS/c15-14(16,17)11-5-3-10(4-6-11)9-18-19-13(20)8-12-2-1-7-21-12/h1-7,9H,8H2,(H,19,20). The van der Waals surface area contributed by atoms with Gasteiger partial charge < -0.3 is 0 Å². The lowest BCUT2D eigenvalue weighted by Gasteiger charge is -2.05. The van der Waals surface area contributed by atoms with Crippen molar-refractivity contribution >= 4 is 23.5 Å². The summed E-state index contributed by atoms with van der Waals surface area (Å²) >= 11 is 1.47. The Hall–Kier alpha value is -2.15. The van der Waals surface area contributed by atoms with Crippen molar-refractivity contribution in [2.75, 3.05) is 0 Å². The Morgan fingerprint density at radius 3 is 2.52 bits per heavy atom. The summed E-state index contributed by atoms with van der Waals surface area (Å²) < 4.78 is 37.1. The maximum atomic E-state index is 12.4. The first-order chi connectivity index (χ1) is 9.95. The van der Waals surface area contributed by atoms with E-state index in [1.807, 2.05) is 17.5 Å². The van der Waals surface area contributed by atoms with Crippen molar-refractivity contribution in [3.8, 4) is 0 Å². The van der Waals surface area contributed by atoms with Gasteiger partial charge in [0, 0.05) is 4.88 Å². The third-order valence-corrected chi connectivity index (χ3v) is 3.43. The summed E-state index contributed by atoms with van der Waals surface area (Å²) in [5.74, 6) is -0.277. The number of hydrazone groups is 1. The number of alkyl halides is 3. The molecule has 1 heterocycles. The van der Waals surface area contributed by atoms with Crippen LogP contribution in [0.3, 0.4) is 0 Å². The van der Waals surface area contributed by atoms with Crippen molar-refractivity contribution < 1.29 is 18.0 Å². The van der Waals surface area contributed by atoms with Crippen LogP contribution in [0, 0.1) is 0 Å². The lowest BCUT2D eigenvalue weighted by Crippen LogP contribution is -2.19. The van der Waals surface area contributed by atoms with Crippen LogP contribution in [-0.2, 0) is 17.4 Å². The maximum Gasteiger partial charge on any atom is 0.416 e. The third kappa shape index (κ3) is 4.71. The Kier molecular flexibility index (Phi) is 4.74. The number of hydrogen-bond donors (Lipinski definition) is 1. The van der Waals surface area contributed by atoms with E-state index in [-0.39, 0.29) is 12.3 Å². The highest BCUT2D eigenvalue weighted by Crippen LogP contribution is 2.28. The van der Waals surface area contributed by atoms with Gasteiger partial charge in [0.15, 0.2) is 0 Å². The van der Waals surface area contributed by atoms with Crippen molar-refractivity contribution in [3.63, 3.8) is 0 Å². The molecule has 7 heteroatoms. The van der Waals surface area contributed by atoms with Crippen LogP contribution in [0.15, 0.2) is 46.9 Å². The predicted molar refractivity (Wildman–Crippen MR) is 75.2 cm³/mol. The Balaban J connectivity index is 1.88. The molecule has 0 aliphatic carbocycles. The topological polar surface area (TPSA) is 41.5 Å². The number of nitrogens with zero attached hydrogens (tertiary/aromatic N) is 1. The maximum absolute atomic E-state index is 12.4. The minimum absolute atomic E-state index is 0.224. The second-order valence-corrected chi connectivity index (χ2v) is 5.20. The molecule has 1 aromatic heterocycles. The molecular weight excluding hydrogens is 301 g/mol. The van der Waals surface area contributed by atoms with Gasteiger partial charge in [-0.05, 0) is 29.1 Å². The summed E-state index contributed by atoms with van der Waals surface area (Å²) in [5, 5.41) is 5.58. The van der Waals surface area contributed by atoms with Gasteiger partial charge in [-0.25, -0.2) is 5.43 Å². The molecule has 0 saturated carbocycles. The molecule has 0 spiro atoms. The fourth-order valence-electron chi connectivity index (χ4n) is 1.55. The third-order valence-electron chi connectivity index (χ3n) is 2.56. The first-order valence-corrected chi connectivity index (χ1v) is 6.84. The van der Waals surface area contributed by atoms with Crippen molar-refractivity contribution in [2.45, 2.75) is 12.6 Å². The molecule has 0 aliphatic heterocycles. The summed E-state index contributed by atoms with van der Waals surface area (Å²) in [7, 11) is 0. The number of halogens is 3. The molecular formula is C14H11F3N2OS. The number of benzene rings is 1. The van der Waals surface area contributed by atoms with E-state index in [2.05, 4.69) is 10.5 Å². The SMILES string of the molecule is O=C(Cc1cccs1)NN=Cc1ccc(C(F)(F)F)cc1. The fraction of sp³-hybridized carbons (Fsp3) is 0.143. The molecule has 2 aromatic rings. The number of rotatable bonds is 4. The van der Waals surface area contributed by atoms with Crippen LogP contribution >= 0.6 is 11.3 Å². The molecule has 1 N–H and O–H groups in total. The zero-order valence-electron chi connectivity index (χ0n) is 10.7. The van der Waals surface area contributed by atoms with Crippen LogP contribution in [0.4, 0.5) is 13.2 Å². The highest BCUT2D eigenvalue weighted by atomic mass is 32.1. The minimum Gasteiger partial charge on any atom is -0.273 e. The van der Waals surface area contributed by atoms with Gasteiger partial charge in [-0.15, -0.1) is 11.3 Å². The molecule has 0 radical (unpaired) electrons. The smallest absolute Gasteiger partial charge is 0.273 e. The van der Waals surface area contributed by atoms with Gasteiger partial charge in [0.05, 0.1) is 18.2 Å². The Morgan fingerprint density at radius 1 is 1.24 bits per heavy atom. The van der Waals surface area contributed by atoms with Gasteiger partial charge in [-0.1, -0.05) is 18.2 Å². The number of nitrogens with one attached hydrogen (secondary N) is 1. The van der Waals surface area contributed by atoms with E-state index in [4.69, 9.17) is 0 Å². The van der Waals surface area contributed by atoms with Crippen LogP contribution in [0.5, 0.6) is 0 Å². The van der Waals surface area contributed by atoms with Crippen LogP contribution in [0.1, 0.15) is 16.0 Å². The fourth-order valence-corrected chi connectivity index (χ4v) is 2.25. The zero-order chi connectivity index (χ0) is 15.3. The number of carbonyl (C=O) groups excluding carboxylic acids is 1. The minimum atomic E-state index is -4.36. The second kappa shape index (κ2) is 6.53. The lowest BCUT2D eigenvalue weighted by molar-refractivity contribution is -0.137. The highest BCUT2D eigenvalue weighted by molar-refractivity contribution is 7.10. The Labute approximate surface area is 123 Å². The quantitative estimate of drug-likeness (QED) is 0.682. The Bertz CT molecular complexity index is 619. The molecule has 110 valence electrons. The van der Waals surface area contributed by atoms with Crippen LogP contribution in [0.2, 0.25) is 0 Å². The summed E-state index contributed by atoms with van der Waals surface area (Å²) in [6.45, 7) is 0. The molecule has 1 amide bonds. The van der Waals surface area contributed by atoms with Crippen LogP contribution < -0.4 is 5.43 Å². The molecule has 0 aliphatic rings. The van der Waals surface area contributed by atoms with E-state index in [0.717, 1.165) is 17.0 Å². The predicted octanol–water partition coefficient (Wildman–Crippen LogP) is 3.46. The zero-order valence-corrected chi connectivity index (χ0v) is 11.5. The van der Waals surface area contributed by atoms with Crippen LogP contribution in [0.25, 0.3) is 0 Å². The molecule has 0 bridgehead atoms. The van der Waals surface area contributed by atoms with Gasteiger partial charge in [0.2, 0.25) is 5.91 Å². The molecule has 0 atom stereocenters. The van der Waals surface area contributed by atoms with E-state index in [0.29, 0.717) is 5.56 Å². The highest BCUT2D eigenvalue weighted by Gasteiger charge is 2.29. The summed E-state index contributed by atoms with van der Waals surface area (Å²) in [6, 6.07) is 8.20. The molecule has 0 unspecified atom stereocenters. The average Bonchev–Trinajstić information content (AvgIpc) is 2.91. The van der Waals surface area contributed by atoms with Crippen molar-refractivity contribution in [2.24, 2.45) is 5.10 Å². The summed E-state index contributed by atoms with van der Waals surface area (Å²) in [5.41, 5.74) is 2.08. The first kappa shape index (κ1) is 15.2. The molecule has 0 fully saturated rings. The normalized spacial score (nSPS) is 11.8. The summed E-state index contributed by atoms with van der Waals surface area (Å²) in [4.78, 5) is 12.4. The molecule has 2 rings (SSSR count). The van der Waals surface area contributed by atoms with Gasteiger partial charge in [0.1, 0.15) is 0 Å². The molecule has 0 saturated heterocycles. The Morgan fingerprint density at radius 2 is 1.95 bits per heavy atom. The van der Waals surface area contributed by atoms with E-state index < -0.39 is 11.7 Å². The average molecular weight is 312 g/mol. The number of hydrogen-bond acceptors (Lipinski definition) is 3. The van der Waals surface area contributed by atoms with Gasteiger partial charge >= 0.3 is 6.18 Å². The van der Waals surface area contributed by atoms with E-state index in [1.54, 1.807) is 0 Å². The van der Waals surface area contributed by atoms with Crippen molar-refractivity contribution in [1.29, 1.82) is 0 Å². The van der Waals surface area contributed by atoms with Gasteiger partial charge in [-0.2, -0.15) is 18.3 Å². The number of amides is 1. The van der Waals surface area contributed by atoms with Gasteiger partial charge in [0.25, 0.3) is 0 Å². The second-order valence-electron chi connectivity index (χ2n) is 4.17.